The summed E-state index contributed by atoms with van der Waals surface area (Å²) in [7, 11) is -3.57. The van der Waals surface area contributed by atoms with Crippen LogP contribution in [0.15, 0.2) is 61.1 Å². The first-order valence-electron chi connectivity index (χ1n) is 13.5. The summed E-state index contributed by atoms with van der Waals surface area (Å²) in [4.78, 5) is 35.8. The van der Waals surface area contributed by atoms with Gasteiger partial charge in [0.25, 0.3) is 0 Å². The van der Waals surface area contributed by atoms with Gasteiger partial charge >= 0.3 is 6.03 Å². The van der Waals surface area contributed by atoms with Crippen LogP contribution in [0, 0.1) is 11.7 Å². The van der Waals surface area contributed by atoms with Crippen LogP contribution in [0.25, 0.3) is 22.2 Å². The molecule has 10 nitrogen and oxygen atoms in total. The third-order valence-electron chi connectivity index (χ3n) is 8.06. The Morgan fingerprint density at radius 3 is 2.71 bits per heavy atom. The first kappa shape index (κ1) is 28.1. The number of amides is 3. The average molecular weight is 611 g/mol. The summed E-state index contributed by atoms with van der Waals surface area (Å²) in [5.41, 5.74) is 3.72. The van der Waals surface area contributed by atoms with Gasteiger partial charge in [-0.25, -0.2) is 27.6 Å². The van der Waals surface area contributed by atoms with Gasteiger partial charge in [0.05, 0.1) is 34.1 Å². The lowest BCUT2D eigenvalue weighted by molar-refractivity contribution is -0.122. The van der Waals surface area contributed by atoms with Gasteiger partial charge in [0.2, 0.25) is 5.91 Å². The van der Waals surface area contributed by atoms with Crippen molar-refractivity contribution in [2.75, 3.05) is 30.7 Å². The van der Waals surface area contributed by atoms with Gasteiger partial charge in [-0.1, -0.05) is 29.8 Å². The molecule has 2 aliphatic rings. The van der Waals surface area contributed by atoms with Crippen LogP contribution in [-0.4, -0.2) is 69.9 Å². The summed E-state index contributed by atoms with van der Waals surface area (Å²) in [6, 6.07) is 13.3. The predicted octanol–water partition coefficient (Wildman–Crippen LogP) is 4.10. The zero-order valence-corrected chi connectivity index (χ0v) is 24.3. The van der Waals surface area contributed by atoms with E-state index in [1.165, 1.54) is 23.2 Å². The van der Waals surface area contributed by atoms with Crippen molar-refractivity contribution in [3.63, 3.8) is 0 Å². The van der Waals surface area contributed by atoms with Gasteiger partial charge in [-0.3, -0.25) is 4.79 Å². The van der Waals surface area contributed by atoms with E-state index in [0.717, 1.165) is 22.2 Å². The van der Waals surface area contributed by atoms with E-state index in [1.807, 2.05) is 28.8 Å². The number of rotatable bonds is 6. The normalized spacial score (nSPS) is 18.6. The topological polar surface area (TPSA) is 126 Å². The van der Waals surface area contributed by atoms with Gasteiger partial charge in [0.1, 0.15) is 16.4 Å². The average Bonchev–Trinajstić information content (AvgIpc) is 3.45. The fourth-order valence-electron chi connectivity index (χ4n) is 5.87. The molecule has 0 bridgehead atoms. The number of urea groups is 1. The molecule has 0 radical (unpaired) electrons. The van der Waals surface area contributed by atoms with Crippen molar-refractivity contribution in [2.24, 2.45) is 5.92 Å². The number of benzene rings is 2. The van der Waals surface area contributed by atoms with Crippen molar-refractivity contribution in [3.05, 3.63) is 77.5 Å². The molecule has 1 atom stereocenters. The van der Waals surface area contributed by atoms with Crippen LogP contribution in [0.2, 0.25) is 5.02 Å². The van der Waals surface area contributed by atoms with Gasteiger partial charge in [-0.2, -0.15) is 0 Å². The Kier molecular flexibility index (Phi) is 7.14. The number of anilines is 1. The molecule has 4 heterocycles. The van der Waals surface area contributed by atoms with Crippen LogP contribution >= 0.6 is 11.6 Å². The van der Waals surface area contributed by atoms with Gasteiger partial charge in [-0.05, 0) is 54.8 Å². The van der Waals surface area contributed by atoms with Crippen molar-refractivity contribution < 1.29 is 22.4 Å². The molecule has 1 spiro atoms. The van der Waals surface area contributed by atoms with E-state index in [0.29, 0.717) is 23.7 Å². The van der Waals surface area contributed by atoms with Crippen molar-refractivity contribution in [1.82, 2.24) is 24.8 Å². The van der Waals surface area contributed by atoms with Crippen molar-refractivity contribution in [2.45, 2.75) is 24.6 Å². The number of nitrogens with zero attached hydrogens (tertiary/aromatic N) is 4. The molecule has 2 aromatic carbocycles. The fraction of sp³-hybridized carbons (Fsp3) is 0.310. The maximum atomic E-state index is 13.7. The van der Waals surface area contributed by atoms with Crippen molar-refractivity contribution in [1.29, 1.82) is 0 Å². The van der Waals surface area contributed by atoms with E-state index in [-0.39, 0.29) is 42.9 Å². The Balaban J connectivity index is 1.24. The SMILES string of the molecule is CCNC(=O)N1CC2(C1)C(C(=O)Nc1cc(-c3ccc4ncn(Cc5cccc(F)c5)c4c3)c(Cl)cn1)CCS2(=O)=O. The number of carbonyl (C=O) groups excluding carboxylic acids is 2. The second-order valence-electron chi connectivity index (χ2n) is 10.7. The Morgan fingerprint density at radius 1 is 1.14 bits per heavy atom. The molecule has 3 amide bonds. The number of fused-ring (bicyclic) bond motifs is 1. The zero-order valence-electron chi connectivity index (χ0n) is 22.7. The van der Waals surface area contributed by atoms with Gasteiger partial charge in [-0.15, -0.1) is 0 Å². The van der Waals surface area contributed by atoms with E-state index in [9.17, 15) is 22.4 Å². The number of sulfone groups is 1. The number of likely N-dealkylation sites (tertiary alicyclic amines) is 1. The molecule has 2 aliphatic heterocycles. The summed E-state index contributed by atoms with van der Waals surface area (Å²) in [5, 5.41) is 5.82. The molecule has 2 aromatic heterocycles. The number of hydrogen-bond donors (Lipinski definition) is 2. The fourth-order valence-corrected chi connectivity index (χ4v) is 8.40. The lowest BCUT2D eigenvalue weighted by Crippen LogP contribution is -2.70. The first-order chi connectivity index (χ1) is 20.1. The van der Waals surface area contributed by atoms with Crippen LogP contribution in [0.5, 0.6) is 0 Å². The second-order valence-corrected chi connectivity index (χ2v) is 13.5. The van der Waals surface area contributed by atoms with E-state index in [2.05, 4.69) is 20.6 Å². The maximum Gasteiger partial charge on any atom is 0.317 e. The summed E-state index contributed by atoms with van der Waals surface area (Å²) >= 11 is 6.53. The molecule has 2 fully saturated rings. The van der Waals surface area contributed by atoms with Crippen LogP contribution in [0.3, 0.4) is 0 Å². The predicted molar refractivity (Wildman–Crippen MR) is 157 cm³/mol. The highest BCUT2D eigenvalue weighted by Gasteiger charge is 2.64. The molecule has 2 N–H and O–H groups in total. The van der Waals surface area contributed by atoms with Crippen LogP contribution in [-0.2, 0) is 21.2 Å². The Labute approximate surface area is 246 Å². The minimum absolute atomic E-state index is 0.0259. The van der Waals surface area contributed by atoms with E-state index in [1.54, 1.807) is 25.4 Å². The van der Waals surface area contributed by atoms with Crippen LogP contribution in [0.4, 0.5) is 15.0 Å². The van der Waals surface area contributed by atoms with Crippen LogP contribution in [0.1, 0.15) is 18.9 Å². The number of nitrogens with one attached hydrogen (secondary N) is 2. The number of halogens is 2. The smallest absolute Gasteiger partial charge is 0.317 e. The molecule has 218 valence electrons. The third kappa shape index (κ3) is 4.88. The van der Waals surface area contributed by atoms with Gasteiger partial charge in [0.15, 0.2) is 9.84 Å². The third-order valence-corrected chi connectivity index (χ3v) is 10.9. The van der Waals surface area contributed by atoms with Crippen molar-refractivity contribution in [3.8, 4) is 11.1 Å². The van der Waals surface area contributed by atoms with Gasteiger partial charge < -0.3 is 20.1 Å². The van der Waals surface area contributed by atoms with E-state index in [4.69, 9.17) is 11.6 Å². The number of imidazole rings is 1. The van der Waals surface area contributed by atoms with Gasteiger partial charge in [0, 0.05) is 37.9 Å². The molecule has 13 heteroatoms. The lowest BCUT2D eigenvalue weighted by Gasteiger charge is -2.49. The lowest BCUT2D eigenvalue weighted by atomic mass is 9.82. The molecular formula is C29H28ClFN6O4S. The molecule has 1 unspecified atom stereocenters. The molecular weight excluding hydrogens is 583 g/mol. The number of pyridine rings is 1. The standard InChI is InChI=1S/C29H28ClFN6O4S/c1-2-32-28(39)37-15-29(16-37)22(8-9-42(29,40)41)27(38)35-26-12-21(23(30)13-33-26)19-6-7-24-25(11-19)36(17-34-24)14-18-4-3-5-20(31)10-18/h3-7,10-13,17,22H,2,8-9,14-16H2,1H3,(H,32,39)(H,33,35,38). The molecule has 42 heavy (non-hydrogen) atoms. The summed E-state index contributed by atoms with van der Waals surface area (Å²) < 4.78 is 40.3. The highest BCUT2D eigenvalue weighted by molar-refractivity contribution is 7.93. The maximum absolute atomic E-state index is 13.7. The van der Waals surface area contributed by atoms with E-state index >= 15 is 0 Å². The second kappa shape index (κ2) is 10.7. The minimum Gasteiger partial charge on any atom is -0.338 e. The number of hydrogen-bond acceptors (Lipinski definition) is 6. The molecule has 0 aliphatic carbocycles. The quantitative estimate of drug-likeness (QED) is 0.339. The van der Waals surface area contributed by atoms with Crippen molar-refractivity contribution >= 4 is 50.2 Å². The Bertz CT molecular complexity index is 1820. The number of carbonyl (C=O) groups is 2. The molecule has 6 rings (SSSR count). The molecule has 2 saturated heterocycles. The Morgan fingerprint density at radius 2 is 1.95 bits per heavy atom. The molecule has 0 saturated carbocycles. The summed E-state index contributed by atoms with van der Waals surface area (Å²) in [6.07, 6.45) is 3.30. The van der Waals surface area contributed by atoms with Crippen LogP contribution < -0.4 is 10.6 Å². The largest absolute Gasteiger partial charge is 0.338 e. The highest BCUT2D eigenvalue weighted by Crippen LogP contribution is 2.45. The monoisotopic (exact) mass is 610 g/mol. The minimum atomic E-state index is -3.57. The highest BCUT2D eigenvalue weighted by atomic mass is 35.5. The molecule has 4 aromatic rings. The zero-order chi connectivity index (χ0) is 29.6. The van der Waals surface area contributed by atoms with E-state index < -0.39 is 26.4 Å². The first-order valence-corrected chi connectivity index (χ1v) is 15.5. The Hall–Kier alpha value is -4.03. The summed E-state index contributed by atoms with van der Waals surface area (Å²) in [5.74, 6) is -1.48. The summed E-state index contributed by atoms with van der Waals surface area (Å²) in [6.45, 7) is 2.57. The number of aromatic nitrogens is 3.